The molecule has 0 aliphatic carbocycles. The van der Waals surface area contributed by atoms with Gasteiger partial charge in [-0.2, -0.15) is 0 Å². The van der Waals surface area contributed by atoms with Crippen LogP contribution in [0.25, 0.3) is 0 Å². The van der Waals surface area contributed by atoms with Crippen LogP contribution in [0, 0.1) is 0 Å². The molecule has 1 atom stereocenters. The van der Waals surface area contributed by atoms with Gasteiger partial charge in [-0.25, -0.2) is 0 Å². The van der Waals surface area contributed by atoms with Crippen molar-refractivity contribution in [3.8, 4) is 0 Å². The first kappa shape index (κ1) is 9.96. The average molecular weight is 144 g/mol. The number of ether oxygens (including phenoxy) is 1. The summed E-state index contributed by atoms with van der Waals surface area (Å²) in [5.41, 5.74) is 0. The van der Waals surface area contributed by atoms with Gasteiger partial charge in [0, 0.05) is 7.11 Å². The Labute approximate surface area is 64.8 Å². The van der Waals surface area contributed by atoms with Crippen molar-refractivity contribution in [2.75, 3.05) is 7.11 Å². The Balaban J connectivity index is 2.89. The Morgan fingerprint density at radius 1 is 1.20 bits per heavy atom. The maximum atomic E-state index is 5.13. The van der Waals surface area contributed by atoms with Crippen LogP contribution in [0.2, 0.25) is 0 Å². The van der Waals surface area contributed by atoms with Crippen LogP contribution in [0.4, 0.5) is 0 Å². The molecular formula is C9H20O. The summed E-state index contributed by atoms with van der Waals surface area (Å²) in [6.07, 6.45) is 7.05. The Bertz CT molecular complexity index is 61.7. The predicted molar refractivity (Wildman–Crippen MR) is 45.2 cm³/mol. The van der Waals surface area contributed by atoms with E-state index in [-0.39, 0.29) is 0 Å². The third-order valence-electron chi connectivity index (χ3n) is 1.87. The molecule has 1 heteroatoms. The zero-order valence-electron chi connectivity index (χ0n) is 7.52. The van der Waals surface area contributed by atoms with E-state index in [1.165, 1.54) is 32.1 Å². The van der Waals surface area contributed by atoms with Gasteiger partial charge in [0.05, 0.1) is 6.10 Å². The van der Waals surface area contributed by atoms with Crippen molar-refractivity contribution in [2.24, 2.45) is 0 Å². The van der Waals surface area contributed by atoms with Crippen molar-refractivity contribution in [3.63, 3.8) is 0 Å². The molecule has 0 saturated heterocycles. The summed E-state index contributed by atoms with van der Waals surface area (Å²) >= 11 is 0. The minimum absolute atomic E-state index is 0.455. The molecule has 0 radical (unpaired) electrons. The van der Waals surface area contributed by atoms with Crippen LogP contribution in [0.5, 0.6) is 0 Å². The first-order valence-electron chi connectivity index (χ1n) is 4.34. The molecule has 0 bridgehead atoms. The van der Waals surface area contributed by atoms with E-state index in [1.807, 2.05) is 0 Å². The second-order valence-electron chi connectivity index (χ2n) is 2.90. The van der Waals surface area contributed by atoms with Crippen LogP contribution in [0.1, 0.15) is 46.0 Å². The summed E-state index contributed by atoms with van der Waals surface area (Å²) < 4.78 is 5.13. The molecule has 0 aliphatic heterocycles. The lowest BCUT2D eigenvalue weighted by Crippen LogP contribution is -2.03. The molecule has 0 rings (SSSR count). The highest BCUT2D eigenvalue weighted by Crippen LogP contribution is 2.06. The molecule has 0 saturated carbocycles. The van der Waals surface area contributed by atoms with Gasteiger partial charge >= 0.3 is 0 Å². The highest BCUT2D eigenvalue weighted by Gasteiger charge is 1.96. The Hall–Kier alpha value is -0.0400. The zero-order chi connectivity index (χ0) is 7.82. The Morgan fingerprint density at radius 2 is 1.90 bits per heavy atom. The summed E-state index contributed by atoms with van der Waals surface area (Å²) in [5, 5.41) is 0. The molecule has 0 unspecified atom stereocenters. The lowest BCUT2D eigenvalue weighted by atomic mass is 10.1. The quantitative estimate of drug-likeness (QED) is 0.521. The van der Waals surface area contributed by atoms with Crippen LogP contribution in [0.15, 0.2) is 0 Å². The molecule has 0 amide bonds. The first-order chi connectivity index (χ1) is 4.81. The summed E-state index contributed by atoms with van der Waals surface area (Å²) in [5.74, 6) is 0. The van der Waals surface area contributed by atoms with E-state index in [2.05, 4.69) is 13.8 Å². The van der Waals surface area contributed by atoms with E-state index < -0.39 is 0 Å². The second kappa shape index (κ2) is 7.07. The minimum Gasteiger partial charge on any atom is -0.382 e. The van der Waals surface area contributed by atoms with Gasteiger partial charge < -0.3 is 4.74 Å². The number of methoxy groups -OCH3 is 1. The topological polar surface area (TPSA) is 9.23 Å². The molecule has 10 heavy (non-hydrogen) atoms. The van der Waals surface area contributed by atoms with Crippen molar-refractivity contribution >= 4 is 0 Å². The fraction of sp³-hybridized carbons (Fsp3) is 1.00. The van der Waals surface area contributed by atoms with Crippen LogP contribution >= 0.6 is 0 Å². The smallest absolute Gasteiger partial charge is 0.0543 e. The highest BCUT2D eigenvalue weighted by atomic mass is 16.5. The number of rotatable bonds is 6. The average Bonchev–Trinajstić information content (AvgIpc) is 1.98. The standard InChI is InChI=1S/C9H20O/c1-4-5-6-7-8-9(2)10-3/h9H,4-8H2,1-3H3/t9-/m1/s1. The van der Waals surface area contributed by atoms with Gasteiger partial charge in [-0.1, -0.05) is 32.6 Å². The van der Waals surface area contributed by atoms with E-state index in [4.69, 9.17) is 4.74 Å². The molecule has 62 valence electrons. The summed E-state index contributed by atoms with van der Waals surface area (Å²) in [4.78, 5) is 0. The predicted octanol–water partition coefficient (Wildman–Crippen LogP) is 2.99. The molecule has 1 nitrogen and oxygen atoms in total. The second-order valence-corrected chi connectivity index (χ2v) is 2.90. The van der Waals surface area contributed by atoms with Crippen LogP contribution in [-0.4, -0.2) is 13.2 Å². The largest absolute Gasteiger partial charge is 0.382 e. The van der Waals surface area contributed by atoms with E-state index in [1.54, 1.807) is 7.11 Å². The monoisotopic (exact) mass is 144 g/mol. The summed E-state index contributed by atoms with van der Waals surface area (Å²) in [6.45, 7) is 4.37. The third kappa shape index (κ3) is 6.09. The van der Waals surface area contributed by atoms with Crippen molar-refractivity contribution in [3.05, 3.63) is 0 Å². The lowest BCUT2D eigenvalue weighted by Gasteiger charge is -2.07. The molecule has 0 aliphatic rings. The molecule has 0 N–H and O–H groups in total. The van der Waals surface area contributed by atoms with Gasteiger partial charge in [0.1, 0.15) is 0 Å². The van der Waals surface area contributed by atoms with Crippen molar-refractivity contribution in [1.29, 1.82) is 0 Å². The maximum Gasteiger partial charge on any atom is 0.0543 e. The molecule has 0 aromatic heterocycles. The fourth-order valence-corrected chi connectivity index (χ4v) is 0.976. The number of hydrogen-bond acceptors (Lipinski definition) is 1. The minimum atomic E-state index is 0.455. The molecule has 0 aromatic carbocycles. The van der Waals surface area contributed by atoms with Gasteiger partial charge in [0.2, 0.25) is 0 Å². The van der Waals surface area contributed by atoms with Crippen LogP contribution in [-0.2, 0) is 4.74 Å². The van der Waals surface area contributed by atoms with Crippen molar-refractivity contribution in [2.45, 2.75) is 52.1 Å². The van der Waals surface area contributed by atoms with E-state index in [0.29, 0.717) is 6.10 Å². The van der Waals surface area contributed by atoms with Crippen LogP contribution in [0.3, 0.4) is 0 Å². The SMILES string of the molecule is CCCCCC[C@@H](C)OC. The van der Waals surface area contributed by atoms with Gasteiger partial charge in [-0.05, 0) is 13.3 Å². The zero-order valence-corrected chi connectivity index (χ0v) is 7.52. The Kier molecular flexibility index (Phi) is 7.04. The fourth-order valence-electron chi connectivity index (χ4n) is 0.976. The first-order valence-corrected chi connectivity index (χ1v) is 4.34. The molecular weight excluding hydrogens is 124 g/mol. The lowest BCUT2D eigenvalue weighted by molar-refractivity contribution is 0.108. The molecule has 0 spiro atoms. The molecule has 0 heterocycles. The Morgan fingerprint density at radius 3 is 2.40 bits per heavy atom. The highest BCUT2D eigenvalue weighted by molar-refractivity contribution is 4.49. The van der Waals surface area contributed by atoms with Gasteiger partial charge in [-0.15, -0.1) is 0 Å². The van der Waals surface area contributed by atoms with Crippen LogP contribution < -0.4 is 0 Å². The van der Waals surface area contributed by atoms with E-state index >= 15 is 0 Å². The molecule has 0 aromatic rings. The summed E-state index contributed by atoms with van der Waals surface area (Å²) in [6, 6.07) is 0. The number of unbranched alkanes of at least 4 members (excludes halogenated alkanes) is 3. The van der Waals surface area contributed by atoms with Crippen molar-refractivity contribution < 1.29 is 4.74 Å². The number of hydrogen-bond donors (Lipinski definition) is 0. The van der Waals surface area contributed by atoms with E-state index in [9.17, 15) is 0 Å². The maximum absolute atomic E-state index is 5.13. The third-order valence-corrected chi connectivity index (χ3v) is 1.87. The molecule has 0 fully saturated rings. The van der Waals surface area contributed by atoms with Gasteiger partial charge in [-0.3, -0.25) is 0 Å². The van der Waals surface area contributed by atoms with Gasteiger partial charge in [0.15, 0.2) is 0 Å². The van der Waals surface area contributed by atoms with Crippen molar-refractivity contribution in [1.82, 2.24) is 0 Å². The normalized spacial score (nSPS) is 13.5. The summed E-state index contributed by atoms with van der Waals surface area (Å²) in [7, 11) is 1.78. The van der Waals surface area contributed by atoms with E-state index in [0.717, 1.165) is 0 Å². The van der Waals surface area contributed by atoms with Gasteiger partial charge in [0.25, 0.3) is 0 Å².